The zero-order chi connectivity index (χ0) is 7.71. The van der Waals surface area contributed by atoms with Crippen LogP contribution in [0.5, 0.6) is 0 Å². The van der Waals surface area contributed by atoms with E-state index in [9.17, 15) is 9.13 Å². The second kappa shape index (κ2) is 7.31. The summed E-state index contributed by atoms with van der Waals surface area (Å²) in [6.07, 6.45) is 0. The molecule has 11 heavy (non-hydrogen) atoms. The summed E-state index contributed by atoms with van der Waals surface area (Å²) in [5, 5.41) is 0. The van der Waals surface area contributed by atoms with Gasteiger partial charge in [-0.25, -0.2) is 9.13 Å². The van der Waals surface area contributed by atoms with Crippen LogP contribution in [0.4, 0.5) is 0 Å². The van der Waals surface area contributed by atoms with Crippen molar-refractivity contribution in [2.45, 2.75) is 0 Å². The van der Waals surface area contributed by atoms with E-state index < -0.39 is 15.6 Å². The zero-order valence-electron chi connectivity index (χ0n) is 9.32. The Hall–Kier alpha value is 3.00. The second-order valence-electron chi connectivity index (χ2n) is 1.06. The van der Waals surface area contributed by atoms with Crippen LogP contribution in [-0.4, -0.2) is 103 Å². The molecule has 0 aliphatic carbocycles. The molecule has 0 heterocycles. The van der Waals surface area contributed by atoms with Crippen molar-refractivity contribution in [3.8, 4) is 0 Å². The molecule has 0 rings (SSSR count). The van der Waals surface area contributed by atoms with Crippen molar-refractivity contribution in [3.05, 3.63) is 0 Å². The Bertz CT molecular complexity index is 169. The third-order valence-corrected chi connectivity index (χ3v) is 1.91. The van der Waals surface area contributed by atoms with Gasteiger partial charge in [0.25, 0.3) is 0 Å². The molecule has 0 aromatic carbocycles. The van der Waals surface area contributed by atoms with E-state index in [-0.39, 0.29) is 88.9 Å². The first kappa shape index (κ1) is 19.6. The summed E-state index contributed by atoms with van der Waals surface area (Å²) in [7, 11) is -10.1. The molecule has 0 atom stereocenters. The molecule has 0 fully saturated rings. The molecule has 0 aliphatic rings. The molecule has 0 aromatic heterocycles. The van der Waals surface area contributed by atoms with Crippen molar-refractivity contribution in [1.29, 1.82) is 0 Å². The Balaban J connectivity index is -0.0000000213. The van der Waals surface area contributed by atoms with E-state index in [2.05, 4.69) is 4.31 Å². The Kier molecular flexibility index (Phi) is 13.0. The summed E-state index contributed by atoms with van der Waals surface area (Å²) < 4.78 is 22.2. The molecule has 11 heteroatoms. The first-order valence-electron chi connectivity index (χ1n) is 1.53. The Labute approximate surface area is 135 Å². The van der Waals surface area contributed by atoms with Crippen LogP contribution >= 0.6 is 15.6 Å². The van der Waals surface area contributed by atoms with E-state index in [1.165, 1.54) is 0 Å². The third-order valence-electron chi connectivity index (χ3n) is 0.213. The number of hydrogen-bond acceptors (Lipinski definition) is 3. The fourth-order valence-corrected chi connectivity index (χ4v) is 1.25. The van der Waals surface area contributed by atoms with Crippen LogP contribution in [0, 0.1) is 0 Å². The fraction of sp³-hybridized carbons (Fsp3) is 0. The third kappa shape index (κ3) is 19.4. The van der Waals surface area contributed by atoms with E-state index >= 15 is 0 Å². The smallest absolute Gasteiger partial charge is 1.00 e. The van der Waals surface area contributed by atoms with Gasteiger partial charge in [0.1, 0.15) is 0 Å². The topological polar surface area (TPSA) is 124 Å². The van der Waals surface area contributed by atoms with Gasteiger partial charge < -0.3 is 25.3 Å². The average Bonchev–Trinajstić information content (AvgIpc) is 1.14. The molecule has 0 aromatic rings. The van der Waals surface area contributed by atoms with Crippen LogP contribution in [0.2, 0.25) is 0 Å². The average molecular weight is 310 g/mol. The van der Waals surface area contributed by atoms with Crippen molar-refractivity contribution in [1.82, 2.24) is 0 Å². The molecule has 0 saturated heterocycles. The number of rotatable bonds is 2. The van der Waals surface area contributed by atoms with Gasteiger partial charge in [-0.1, -0.05) is 0 Å². The summed E-state index contributed by atoms with van der Waals surface area (Å²) in [5.41, 5.74) is 0. The van der Waals surface area contributed by atoms with Gasteiger partial charge in [0.2, 0.25) is 0 Å². The molecular weight excluding hydrogens is 302 g/mol. The molecule has 0 radical (unpaired) electrons. The van der Waals surface area contributed by atoms with Crippen molar-refractivity contribution in [2.24, 2.45) is 0 Å². The molecule has 0 saturated carbocycles. The van der Waals surface area contributed by atoms with E-state index in [1.807, 2.05) is 0 Å². The van der Waals surface area contributed by atoms with Gasteiger partial charge in [0.05, 0.1) is 0 Å². The summed E-state index contributed by atoms with van der Waals surface area (Å²) in [6, 6.07) is 0. The maximum atomic E-state index is 9.63. The van der Waals surface area contributed by atoms with Crippen molar-refractivity contribution < 1.29 is 38.7 Å². The summed E-state index contributed by atoms with van der Waals surface area (Å²) in [5.74, 6) is 0. The predicted molar refractivity (Wildman–Crippen MR) is 41.1 cm³/mol. The van der Waals surface area contributed by atoms with Crippen LogP contribution in [-0.2, 0) is 13.4 Å². The van der Waals surface area contributed by atoms with Gasteiger partial charge in [-0.2, -0.15) is 4.31 Å². The van der Waals surface area contributed by atoms with Gasteiger partial charge in [0.15, 0.2) is 0 Å². The van der Waals surface area contributed by atoms with E-state index in [4.69, 9.17) is 19.6 Å². The standard InChI is InChI=1S/Ca.H4O7P2.Sr.4H/c;1-8(2,3)7-9(4,5)6;;;;;/h;(H2,1,2,3)(H2,4,5,6);;;;;/q+2;;+2;4*-1. The minimum atomic E-state index is -5.05. The van der Waals surface area contributed by atoms with Crippen LogP contribution in [0.1, 0.15) is 5.71 Å². The SMILES string of the molecule is O=P(O)(O)OP(=O)(O)O.[Ca+2].[H-].[H-].[H-].[H-].[Sr+2]. The van der Waals surface area contributed by atoms with E-state index in [0.29, 0.717) is 0 Å². The van der Waals surface area contributed by atoms with E-state index in [1.54, 1.807) is 0 Å². The van der Waals surface area contributed by atoms with Crippen molar-refractivity contribution in [3.63, 3.8) is 0 Å². The van der Waals surface area contributed by atoms with Gasteiger partial charge in [-0.15, -0.1) is 0 Å². The first-order chi connectivity index (χ1) is 3.71. The fourth-order valence-electron chi connectivity index (χ4n) is 0.139. The Morgan fingerprint density at radius 2 is 1.18 bits per heavy atom. The number of phosphoric acid groups is 2. The summed E-state index contributed by atoms with van der Waals surface area (Å²) in [6.45, 7) is 0. The monoisotopic (exact) mass is 310 g/mol. The molecule has 0 amide bonds. The molecule has 4 N–H and O–H groups in total. The van der Waals surface area contributed by atoms with Gasteiger partial charge in [-0.3, -0.25) is 0 Å². The Morgan fingerprint density at radius 1 is 1.00 bits per heavy atom. The van der Waals surface area contributed by atoms with Crippen LogP contribution < -0.4 is 0 Å². The summed E-state index contributed by atoms with van der Waals surface area (Å²) in [4.78, 5) is 31.0. The van der Waals surface area contributed by atoms with Gasteiger partial charge in [-0.05, 0) is 0 Å². The van der Waals surface area contributed by atoms with Gasteiger partial charge in [0, 0.05) is 0 Å². The first-order valence-corrected chi connectivity index (χ1v) is 4.59. The summed E-state index contributed by atoms with van der Waals surface area (Å²) >= 11 is 0. The van der Waals surface area contributed by atoms with Gasteiger partial charge >= 0.3 is 98.9 Å². The van der Waals surface area contributed by atoms with Crippen LogP contribution in [0.25, 0.3) is 0 Å². The zero-order valence-corrected chi connectivity index (χ0v) is 12.8. The normalized spacial score (nSPS) is 11.3. The Morgan fingerprint density at radius 3 is 1.18 bits per heavy atom. The van der Waals surface area contributed by atoms with Crippen molar-refractivity contribution in [2.75, 3.05) is 0 Å². The minimum Gasteiger partial charge on any atom is -1.00 e. The largest absolute Gasteiger partial charge is 2.00 e. The molecule has 0 aliphatic heterocycles. The quantitative estimate of drug-likeness (QED) is 0.376. The molecule has 7 nitrogen and oxygen atoms in total. The molecule has 0 spiro atoms. The molecular formula is H8CaO7P2Sr. The molecule has 64 valence electrons. The predicted octanol–water partition coefficient (Wildman–Crippen LogP) is -1.12. The second-order valence-corrected chi connectivity index (χ2v) is 3.68. The van der Waals surface area contributed by atoms with Crippen LogP contribution in [0.15, 0.2) is 0 Å². The maximum absolute atomic E-state index is 9.63. The minimum absolute atomic E-state index is 0. The van der Waals surface area contributed by atoms with E-state index in [0.717, 1.165) is 0 Å². The number of hydrogen-bond donors (Lipinski definition) is 4. The van der Waals surface area contributed by atoms with Crippen molar-refractivity contribution >= 4 is 98.9 Å². The molecule has 0 bridgehead atoms. The molecule has 0 unspecified atom stereocenters. The van der Waals surface area contributed by atoms with Crippen LogP contribution in [0.3, 0.4) is 0 Å². The maximum Gasteiger partial charge on any atom is 2.00 e.